The van der Waals surface area contributed by atoms with Crippen molar-refractivity contribution in [3.63, 3.8) is 0 Å². The highest BCUT2D eigenvalue weighted by molar-refractivity contribution is 5.76. The summed E-state index contributed by atoms with van der Waals surface area (Å²) in [4.78, 5) is 18.9. The van der Waals surface area contributed by atoms with Gasteiger partial charge < -0.3 is 14.7 Å². The molecule has 3 rings (SSSR count). The van der Waals surface area contributed by atoms with Gasteiger partial charge in [0.1, 0.15) is 0 Å². The highest BCUT2D eigenvalue weighted by Crippen LogP contribution is 2.22. The predicted molar refractivity (Wildman–Crippen MR) is 110 cm³/mol. The molecule has 28 heavy (non-hydrogen) atoms. The molecule has 2 aromatic rings. The lowest BCUT2D eigenvalue weighted by Gasteiger charge is -2.32. The van der Waals surface area contributed by atoms with E-state index < -0.39 is 0 Å². The zero-order chi connectivity index (χ0) is 19.9. The third kappa shape index (κ3) is 5.41. The first-order valence-corrected chi connectivity index (χ1v) is 10.4. The summed E-state index contributed by atoms with van der Waals surface area (Å²) in [7, 11) is 1.99. The molecule has 0 bridgehead atoms. The van der Waals surface area contributed by atoms with Gasteiger partial charge in [0.25, 0.3) is 0 Å². The van der Waals surface area contributed by atoms with E-state index in [1.54, 1.807) is 0 Å². The summed E-state index contributed by atoms with van der Waals surface area (Å²) in [5.41, 5.74) is 2.22. The largest absolute Gasteiger partial charge is 0.343 e. The van der Waals surface area contributed by atoms with Crippen LogP contribution in [-0.4, -0.2) is 47.6 Å². The van der Waals surface area contributed by atoms with Gasteiger partial charge in [-0.3, -0.25) is 4.79 Å². The Morgan fingerprint density at radius 2 is 1.96 bits per heavy atom. The van der Waals surface area contributed by atoms with Gasteiger partial charge in [0.2, 0.25) is 17.6 Å². The average molecular weight is 385 g/mol. The smallest absolute Gasteiger partial charge is 0.227 e. The molecule has 0 radical (unpaired) electrons. The molecule has 1 aromatic heterocycles. The number of aryl methyl sites for hydroxylation is 1. The number of nitrogens with zero attached hydrogens (tertiary/aromatic N) is 3. The summed E-state index contributed by atoms with van der Waals surface area (Å²) in [6, 6.07) is 8.24. The molecule has 0 unspecified atom stereocenters. The molecule has 6 nitrogen and oxygen atoms in total. The van der Waals surface area contributed by atoms with Crippen LogP contribution in [0.2, 0.25) is 0 Å². The molecule has 1 amide bonds. The van der Waals surface area contributed by atoms with Crippen LogP contribution in [0.15, 0.2) is 28.8 Å². The first-order valence-electron chi connectivity index (χ1n) is 10.4. The van der Waals surface area contributed by atoms with Gasteiger partial charge in [0.05, 0.1) is 0 Å². The van der Waals surface area contributed by atoms with Crippen molar-refractivity contribution in [2.45, 2.75) is 51.9 Å². The lowest BCUT2D eigenvalue weighted by Crippen LogP contribution is -2.39. The number of piperidine rings is 1. The van der Waals surface area contributed by atoms with Crippen LogP contribution in [0.1, 0.15) is 56.9 Å². The molecule has 1 aromatic carbocycles. The number of carbonyl (C=O) groups excluding carboxylic acids is 1. The number of aromatic nitrogens is 2. The second-order valence-corrected chi connectivity index (χ2v) is 8.00. The maximum Gasteiger partial charge on any atom is 0.227 e. The van der Waals surface area contributed by atoms with Crippen LogP contribution in [0, 0.1) is 5.92 Å². The minimum atomic E-state index is 0.188. The van der Waals surface area contributed by atoms with Crippen LogP contribution >= 0.6 is 0 Å². The minimum absolute atomic E-state index is 0.188. The van der Waals surface area contributed by atoms with E-state index in [0.717, 1.165) is 44.0 Å². The molecule has 152 valence electrons. The third-order valence-electron chi connectivity index (χ3n) is 5.63. The lowest BCUT2D eigenvalue weighted by molar-refractivity contribution is -0.132. The van der Waals surface area contributed by atoms with Gasteiger partial charge in [-0.15, -0.1) is 0 Å². The van der Waals surface area contributed by atoms with Crippen molar-refractivity contribution in [3.05, 3.63) is 35.7 Å². The number of benzene rings is 1. The van der Waals surface area contributed by atoms with Crippen molar-refractivity contribution < 1.29 is 9.32 Å². The van der Waals surface area contributed by atoms with Gasteiger partial charge in [-0.05, 0) is 50.3 Å². The molecular formula is C22H32N4O2. The van der Waals surface area contributed by atoms with Crippen molar-refractivity contribution in [2.24, 2.45) is 5.92 Å². The highest BCUT2D eigenvalue weighted by atomic mass is 16.5. The summed E-state index contributed by atoms with van der Waals surface area (Å²) >= 11 is 0. The molecule has 0 spiro atoms. The van der Waals surface area contributed by atoms with E-state index in [9.17, 15) is 4.79 Å². The van der Waals surface area contributed by atoms with E-state index in [-0.39, 0.29) is 5.91 Å². The van der Waals surface area contributed by atoms with Gasteiger partial charge in [-0.2, -0.15) is 4.98 Å². The summed E-state index contributed by atoms with van der Waals surface area (Å²) in [5.74, 6) is 2.53. The van der Waals surface area contributed by atoms with Crippen LogP contribution in [0.25, 0.3) is 11.4 Å². The Hall–Kier alpha value is -2.21. The Morgan fingerprint density at radius 1 is 1.25 bits per heavy atom. The molecule has 2 heterocycles. The highest BCUT2D eigenvalue weighted by Gasteiger charge is 2.22. The van der Waals surface area contributed by atoms with E-state index in [0.29, 0.717) is 30.5 Å². The van der Waals surface area contributed by atoms with Crippen LogP contribution in [0.5, 0.6) is 0 Å². The molecule has 1 aliphatic heterocycles. The van der Waals surface area contributed by atoms with Gasteiger partial charge in [0, 0.05) is 31.5 Å². The number of nitrogens with one attached hydrogen (secondary N) is 1. The van der Waals surface area contributed by atoms with Gasteiger partial charge in [0.15, 0.2) is 0 Å². The fourth-order valence-corrected chi connectivity index (χ4v) is 3.68. The lowest BCUT2D eigenvalue weighted by atomic mass is 9.93. The number of carbonyl (C=O) groups is 1. The summed E-state index contributed by atoms with van der Waals surface area (Å²) in [6.07, 6.45) is 4.32. The number of hydrogen-bond donors (Lipinski definition) is 1. The van der Waals surface area contributed by atoms with E-state index in [4.69, 9.17) is 4.52 Å². The summed E-state index contributed by atoms with van der Waals surface area (Å²) in [6.45, 7) is 7.13. The van der Waals surface area contributed by atoms with Gasteiger partial charge in [-0.25, -0.2) is 0 Å². The molecule has 0 saturated carbocycles. The van der Waals surface area contributed by atoms with Crippen molar-refractivity contribution in [1.82, 2.24) is 20.4 Å². The number of hydrogen-bond acceptors (Lipinski definition) is 5. The zero-order valence-electron chi connectivity index (χ0n) is 17.3. The fourth-order valence-electron chi connectivity index (χ4n) is 3.68. The van der Waals surface area contributed by atoms with Crippen LogP contribution < -0.4 is 5.32 Å². The van der Waals surface area contributed by atoms with Crippen molar-refractivity contribution >= 4 is 5.91 Å². The second-order valence-electron chi connectivity index (χ2n) is 8.00. The van der Waals surface area contributed by atoms with E-state index in [1.807, 2.05) is 24.1 Å². The molecule has 1 fully saturated rings. The normalized spacial score (nSPS) is 15.4. The first kappa shape index (κ1) is 20.5. The molecule has 1 aliphatic rings. The van der Waals surface area contributed by atoms with Crippen molar-refractivity contribution in [3.8, 4) is 11.4 Å². The van der Waals surface area contributed by atoms with E-state index in [1.165, 1.54) is 12.0 Å². The SMILES string of the molecule is CNCCC1CCN(C(=O)CCc2nc(-c3ccc(C(C)C)cc3)no2)CC1. The molecule has 0 atom stereocenters. The molecule has 1 N–H and O–H groups in total. The third-order valence-corrected chi connectivity index (χ3v) is 5.63. The fraction of sp³-hybridized carbons (Fsp3) is 0.591. The zero-order valence-corrected chi connectivity index (χ0v) is 17.3. The van der Waals surface area contributed by atoms with Crippen LogP contribution in [0.3, 0.4) is 0 Å². The van der Waals surface area contributed by atoms with Gasteiger partial charge in [-0.1, -0.05) is 43.3 Å². The van der Waals surface area contributed by atoms with Gasteiger partial charge >= 0.3 is 0 Å². The summed E-state index contributed by atoms with van der Waals surface area (Å²) in [5, 5.41) is 7.28. The molecule has 0 aliphatic carbocycles. The van der Waals surface area contributed by atoms with E-state index in [2.05, 4.69) is 41.4 Å². The monoisotopic (exact) mass is 384 g/mol. The van der Waals surface area contributed by atoms with Crippen molar-refractivity contribution in [2.75, 3.05) is 26.7 Å². The predicted octanol–water partition coefficient (Wildman–Crippen LogP) is 3.64. The Kier molecular flexibility index (Phi) is 7.20. The minimum Gasteiger partial charge on any atom is -0.343 e. The van der Waals surface area contributed by atoms with Crippen LogP contribution in [0.4, 0.5) is 0 Å². The Balaban J connectivity index is 1.47. The Morgan fingerprint density at radius 3 is 2.61 bits per heavy atom. The first-order chi connectivity index (χ1) is 13.6. The number of likely N-dealkylation sites (tertiary alicyclic amines) is 1. The standard InChI is InChI=1S/C22H32N4O2/c1-16(2)18-4-6-19(7-5-18)22-24-20(28-25-22)8-9-21(27)26-14-11-17(12-15-26)10-13-23-3/h4-7,16-17,23H,8-15H2,1-3H3. The topological polar surface area (TPSA) is 71.3 Å². The van der Waals surface area contributed by atoms with Crippen LogP contribution in [-0.2, 0) is 11.2 Å². The van der Waals surface area contributed by atoms with Crippen molar-refractivity contribution in [1.29, 1.82) is 0 Å². The maximum atomic E-state index is 12.5. The Bertz CT molecular complexity index is 746. The van der Waals surface area contributed by atoms with E-state index >= 15 is 0 Å². The average Bonchev–Trinajstić information content (AvgIpc) is 3.20. The maximum absolute atomic E-state index is 12.5. The molecule has 1 saturated heterocycles. The Labute approximate surface area is 167 Å². The second kappa shape index (κ2) is 9.82. The summed E-state index contributed by atoms with van der Waals surface area (Å²) < 4.78 is 5.36. The molecule has 6 heteroatoms. The number of rotatable bonds is 8. The number of amides is 1. The quantitative estimate of drug-likeness (QED) is 0.752. The molecular weight excluding hydrogens is 352 g/mol.